The third-order valence-electron chi connectivity index (χ3n) is 7.25. The maximum absolute atomic E-state index is 11.9. The molecule has 1 heterocycles. The van der Waals surface area contributed by atoms with E-state index in [1.807, 2.05) is 6.07 Å². The molecule has 1 N–H and O–H groups in total. The van der Waals surface area contributed by atoms with Gasteiger partial charge < -0.3 is 19.3 Å². The maximum atomic E-state index is 11.9. The predicted molar refractivity (Wildman–Crippen MR) is 180 cm³/mol. The summed E-state index contributed by atoms with van der Waals surface area (Å²) in [7, 11) is -3.92. The van der Waals surface area contributed by atoms with Gasteiger partial charge in [0.05, 0.1) is 16.7 Å². The van der Waals surface area contributed by atoms with E-state index < -0.39 is 10.1 Å². The Hall–Kier alpha value is -1.97. The van der Waals surface area contributed by atoms with Crippen LogP contribution in [0.4, 0.5) is 4.79 Å². The molecule has 0 aliphatic heterocycles. The fourth-order valence-electron chi connectivity index (χ4n) is 4.78. The van der Waals surface area contributed by atoms with Crippen molar-refractivity contribution in [3.63, 3.8) is 0 Å². The lowest BCUT2D eigenvalue weighted by molar-refractivity contribution is -0.697. The highest BCUT2D eigenvalue weighted by Gasteiger charge is 2.04. The number of nitrogens with one attached hydrogen (secondary N) is 1. The Bertz CT molecular complexity index is 888. The van der Waals surface area contributed by atoms with Gasteiger partial charge in [-0.3, -0.25) is 0 Å². The van der Waals surface area contributed by atoms with Crippen LogP contribution in [0.3, 0.4) is 0 Å². The second-order valence-electron chi connectivity index (χ2n) is 11.8. The summed E-state index contributed by atoms with van der Waals surface area (Å²) in [6.45, 7) is 9.39. The number of hydrogen-bond acceptors (Lipinski definition) is 6. The second kappa shape index (κ2) is 31.0. The molecule has 0 saturated heterocycles. The third-order valence-corrected chi connectivity index (χ3v) is 7.25. The van der Waals surface area contributed by atoms with Gasteiger partial charge in [-0.2, -0.15) is 0 Å². The maximum Gasteiger partial charge on any atom is 0.407 e. The van der Waals surface area contributed by atoms with Gasteiger partial charge in [0.25, 0.3) is 0 Å². The smallest absolute Gasteiger partial charge is 0.407 e. The average Bonchev–Trinajstić information content (AvgIpc) is 2.98. The first-order chi connectivity index (χ1) is 21.2. The van der Waals surface area contributed by atoms with Crippen molar-refractivity contribution in [2.24, 2.45) is 0 Å². The molecule has 0 radical (unpaired) electrons. The number of pyridine rings is 1. The molecule has 0 fully saturated rings. The zero-order valence-corrected chi connectivity index (χ0v) is 28.9. The summed E-state index contributed by atoms with van der Waals surface area (Å²) in [5.41, 5.74) is 0.799. The first kappa shape index (κ1) is 42.0. The van der Waals surface area contributed by atoms with Crippen LogP contribution in [0.2, 0.25) is 0 Å². The van der Waals surface area contributed by atoms with E-state index in [-0.39, 0.29) is 12.7 Å². The van der Waals surface area contributed by atoms with Crippen LogP contribution < -0.4 is 9.88 Å². The Kier molecular flexibility index (Phi) is 29.6. The van der Waals surface area contributed by atoms with Gasteiger partial charge in [-0.15, -0.1) is 0 Å². The van der Waals surface area contributed by atoms with E-state index in [0.29, 0.717) is 19.4 Å². The molecule has 0 aliphatic carbocycles. The lowest BCUT2D eigenvalue weighted by atomic mass is 10.0. The van der Waals surface area contributed by atoms with Crippen molar-refractivity contribution < 1.29 is 31.8 Å². The van der Waals surface area contributed by atoms with Crippen molar-refractivity contribution in [3.05, 3.63) is 42.7 Å². The van der Waals surface area contributed by atoms with Crippen molar-refractivity contribution in [3.8, 4) is 0 Å². The molecule has 0 unspecified atom stereocenters. The first-order valence-electron chi connectivity index (χ1n) is 17.2. The van der Waals surface area contributed by atoms with Crippen LogP contribution in [0.5, 0.6) is 0 Å². The minimum absolute atomic E-state index is 0.221. The molecule has 0 bridgehead atoms. The molecule has 9 heteroatoms. The number of amides is 1. The number of carbonyl (C=O) groups excluding carboxylic acids is 1. The Morgan fingerprint density at radius 2 is 1.18 bits per heavy atom. The monoisotopic (exact) mass is 640 g/mol. The van der Waals surface area contributed by atoms with Gasteiger partial charge in [-0.05, 0) is 24.8 Å². The van der Waals surface area contributed by atoms with E-state index >= 15 is 0 Å². The lowest BCUT2D eigenvalue weighted by Gasteiger charge is -2.09. The molecule has 1 amide bonds. The summed E-state index contributed by atoms with van der Waals surface area (Å²) in [6, 6.07) is 6.17. The standard InChI is InChI=1S/C34H60N2O3.CH4O3S/c1-3-4-5-6-7-8-9-10-11-12-13-14-15-16-17-21-26-35-34(37)39-32-33(2)31-38-30-25-19-18-22-27-36-28-23-20-24-29-36;1-5(2,3)4/h20,23-24,28-29H,2-19,21-22,25-27,30-32H2,1H3;1H3,(H,2,3,4). The van der Waals surface area contributed by atoms with Crippen LogP contribution in [0.15, 0.2) is 42.7 Å². The summed E-state index contributed by atoms with van der Waals surface area (Å²) >= 11 is 0. The molecule has 1 aromatic heterocycles. The predicted octanol–water partition coefficient (Wildman–Crippen LogP) is 8.26. The van der Waals surface area contributed by atoms with Crippen LogP contribution in [-0.4, -0.2) is 51.7 Å². The Balaban J connectivity index is 0.00000340. The van der Waals surface area contributed by atoms with Gasteiger partial charge in [0.2, 0.25) is 0 Å². The van der Waals surface area contributed by atoms with Gasteiger partial charge in [0.15, 0.2) is 12.4 Å². The molecule has 0 aromatic carbocycles. The topological polar surface area (TPSA) is 109 Å². The third kappa shape index (κ3) is 36.2. The van der Waals surface area contributed by atoms with Crippen molar-refractivity contribution in [1.82, 2.24) is 5.32 Å². The highest BCUT2D eigenvalue weighted by atomic mass is 32.2. The van der Waals surface area contributed by atoms with Crippen molar-refractivity contribution in [2.45, 2.75) is 142 Å². The highest BCUT2D eigenvalue weighted by molar-refractivity contribution is 7.84. The molecule has 0 atom stereocenters. The molecule has 8 nitrogen and oxygen atoms in total. The molecule has 0 aliphatic rings. The van der Waals surface area contributed by atoms with E-state index in [1.165, 1.54) is 109 Å². The van der Waals surface area contributed by atoms with E-state index in [9.17, 15) is 4.79 Å². The van der Waals surface area contributed by atoms with Crippen LogP contribution in [0, 0.1) is 0 Å². The number of unbranched alkanes of at least 4 members (excludes halogenated alkanes) is 18. The quantitative estimate of drug-likeness (QED) is 0.0428. The molecule has 1 rings (SSSR count). The summed E-state index contributed by atoms with van der Waals surface area (Å²) in [6.07, 6.45) is 30.7. The zero-order valence-electron chi connectivity index (χ0n) is 28.1. The first-order valence-corrected chi connectivity index (χ1v) is 19.0. The van der Waals surface area contributed by atoms with Crippen LogP contribution in [0.25, 0.3) is 0 Å². The van der Waals surface area contributed by atoms with E-state index in [4.69, 9.17) is 22.4 Å². The molecule has 0 saturated carbocycles. The molecule has 1 aromatic rings. The fraction of sp³-hybridized carbons (Fsp3) is 0.771. The number of rotatable bonds is 28. The SMILES string of the molecule is C=C(COCCCCCC[n+]1ccccc1)COC(=O)NCCCCCCCCCCCCCCCCCC.CS(=O)(=O)[O-]. The summed E-state index contributed by atoms with van der Waals surface area (Å²) in [5.74, 6) is 0. The lowest BCUT2D eigenvalue weighted by Crippen LogP contribution is -2.32. The Morgan fingerprint density at radius 1 is 0.727 bits per heavy atom. The Labute approximate surface area is 270 Å². The summed E-state index contributed by atoms with van der Waals surface area (Å²) in [4.78, 5) is 11.9. The van der Waals surface area contributed by atoms with Gasteiger partial charge in [0, 0.05) is 38.0 Å². The molecule has 256 valence electrons. The number of ether oxygens (including phenoxy) is 2. The van der Waals surface area contributed by atoms with Crippen molar-refractivity contribution in [1.29, 1.82) is 0 Å². The number of hydrogen-bond donors (Lipinski definition) is 1. The van der Waals surface area contributed by atoms with E-state index in [2.05, 4.69) is 47.9 Å². The minimum atomic E-state index is -3.92. The average molecular weight is 641 g/mol. The minimum Gasteiger partial charge on any atom is -0.748 e. The number of nitrogens with zero attached hydrogens (tertiary/aromatic N) is 1. The summed E-state index contributed by atoms with van der Waals surface area (Å²) < 4.78 is 40.4. The largest absolute Gasteiger partial charge is 0.748 e. The Morgan fingerprint density at radius 3 is 1.70 bits per heavy atom. The van der Waals surface area contributed by atoms with E-state index in [0.717, 1.165) is 38.0 Å². The van der Waals surface area contributed by atoms with Gasteiger partial charge >= 0.3 is 6.09 Å². The fourth-order valence-corrected chi connectivity index (χ4v) is 4.78. The number of alkyl carbamates (subject to hydrolysis) is 1. The second-order valence-corrected chi connectivity index (χ2v) is 13.2. The van der Waals surface area contributed by atoms with Crippen molar-refractivity contribution >= 4 is 16.2 Å². The number of aromatic nitrogens is 1. The van der Waals surface area contributed by atoms with Crippen LogP contribution >= 0.6 is 0 Å². The van der Waals surface area contributed by atoms with Crippen LogP contribution in [0.1, 0.15) is 135 Å². The van der Waals surface area contributed by atoms with Gasteiger partial charge in [0.1, 0.15) is 13.2 Å². The summed E-state index contributed by atoms with van der Waals surface area (Å²) in [5, 5.41) is 2.85. The normalized spacial score (nSPS) is 11.1. The highest BCUT2D eigenvalue weighted by Crippen LogP contribution is 2.13. The molecular weight excluding hydrogens is 576 g/mol. The van der Waals surface area contributed by atoms with Gasteiger partial charge in [-0.1, -0.05) is 122 Å². The molecule has 44 heavy (non-hydrogen) atoms. The van der Waals surface area contributed by atoms with Gasteiger partial charge in [-0.25, -0.2) is 17.8 Å². The zero-order chi connectivity index (χ0) is 32.6. The number of aryl methyl sites for hydroxylation is 1. The molecular formula is C35H64N2O6S. The molecule has 0 spiro atoms. The van der Waals surface area contributed by atoms with E-state index in [1.54, 1.807) is 0 Å². The van der Waals surface area contributed by atoms with Crippen LogP contribution in [-0.2, 0) is 26.1 Å². The number of carbonyl (C=O) groups is 1. The van der Waals surface area contributed by atoms with Crippen molar-refractivity contribution in [2.75, 3.05) is 32.6 Å².